The van der Waals surface area contributed by atoms with E-state index in [1.807, 2.05) is 20.0 Å². The molecule has 8 heteroatoms. The first-order valence-corrected chi connectivity index (χ1v) is 9.23. The Morgan fingerprint density at radius 2 is 2.00 bits per heavy atom. The summed E-state index contributed by atoms with van der Waals surface area (Å²) in [5.41, 5.74) is 5.28. The molecule has 0 amide bonds. The monoisotopic (exact) mass is 382 g/mol. The maximum absolute atomic E-state index is 13.1. The molecule has 0 unspecified atom stereocenters. The Morgan fingerprint density at radius 3 is 2.63 bits per heavy atom. The van der Waals surface area contributed by atoms with Crippen molar-refractivity contribution < 1.29 is 17.9 Å². The average molecular weight is 382 g/mol. The Kier molecular flexibility index (Phi) is 5.74. The van der Waals surface area contributed by atoms with Gasteiger partial charge in [-0.25, -0.2) is 9.97 Å². The van der Waals surface area contributed by atoms with Crippen molar-refractivity contribution >= 4 is 5.82 Å². The molecule has 3 rings (SSSR count). The van der Waals surface area contributed by atoms with E-state index in [1.54, 1.807) is 0 Å². The molecule has 5 nitrogen and oxygen atoms in total. The third kappa shape index (κ3) is 4.61. The summed E-state index contributed by atoms with van der Waals surface area (Å²) in [7, 11) is 0. The van der Waals surface area contributed by atoms with E-state index in [4.69, 9.17) is 10.5 Å². The van der Waals surface area contributed by atoms with Crippen LogP contribution in [0.1, 0.15) is 50.4 Å². The van der Waals surface area contributed by atoms with E-state index in [0.29, 0.717) is 17.2 Å². The van der Waals surface area contributed by atoms with Crippen molar-refractivity contribution in [2.24, 2.45) is 5.92 Å². The zero-order valence-corrected chi connectivity index (χ0v) is 15.6. The molecule has 3 heterocycles. The van der Waals surface area contributed by atoms with Crippen molar-refractivity contribution in [2.75, 3.05) is 18.9 Å². The summed E-state index contributed by atoms with van der Waals surface area (Å²) in [6.45, 7) is 6.45. The Morgan fingerprint density at radius 1 is 1.30 bits per heavy atom. The van der Waals surface area contributed by atoms with E-state index < -0.39 is 17.6 Å². The first-order valence-electron chi connectivity index (χ1n) is 9.23. The van der Waals surface area contributed by atoms with Crippen LogP contribution in [0.2, 0.25) is 0 Å². The maximum Gasteiger partial charge on any atom is 0.419 e. The predicted octanol–water partition coefficient (Wildman–Crippen LogP) is 4.49. The molecule has 0 radical (unpaired) electrons. The predicted molar refractivity (Wildman–Crippen MR) is 97.1 cm³/mol. The van der Waals surface area contributed by atoms with Crippen LogP contribution in [0, 0.1) is 5.92 Å². The Labute approximate surface area is 156 Å². The fourth-order valence-electron chi connectivity index (χ4n) is 3.41. The van der Waals surface area contributed by atoms with E-state index >= 15 is 0 Å². The van der Waals surface area contributed by atoms with Crippen LogP contribution in [-0.4, -0.2) is 27.7 Å². The third-order valence-electron chi connectivity index (χ3n) is 4.96. The van der Waals surface area contributed by atoms with Crippen LogP contribution < -0.4 is 5.73 Å². The molecule has 0 aliphatic carbocycles. The van der Waals surface area contributed by atoms with Crippen molar-refractivity contribution in [2.45, 2.75) is 51.7 Å². The summed E-state index contributed by atoms with van der Waals surface area (Å²) in [4.78, 5) is 8.31. The van der Waals surface area contributed by atoms with Crippen LogP contribution in [0.4, 0.5) is 19.0 Å². The van der Waals surface area contributed by atoms with Crippen LogP contribution in [0.25, 0.3) is 11.3 Å². The lowest BCUT2D eigenvalue weighted by Crippen LogP contribution is -2.17. The molecule has 1 saturated heterocycles. The number of aromatic nitrogens is 3. The lowest BCUT2D eigenvalue weighted by molar-refractivity contribution is -0.137. The van der Waals surface area contributed by atoms with Gasteiger partial charge in [-0.3, -0.25) is 0 Å². The molecule has 27 heavy (non-hydrogen) atoms. The van der Waals surface area contributed by atoms with Gasteiger partial charge in [0.1, 0.15) is 11.6 Å². The number of aryl methyl sites for hydroxylation is 1. The van der Waals surface area contributed by atoms with Crippen LogP contribution in [0.3, 0.4) is 0 Å². The van der Waals surface area contributed by atoms with E-state index in [9.17, 15) is 13.2 Å². The van der Waals surface area contributed by atoms with Gasteiger partial charge in [0.25, 0.3) is 0 Å². The number of hydrogen-bond acceptors (Lipinski definition) is 4. The Hall–Kier alpha value is -2.09. The van der Waals surface area contributed by atoms with Gasteiger partial charge in [0.15, 0.2) is 0 Å². The van der Waals surface area contributed by atoms with Crippen molar-refractivity contribution in [3.63, 3.8) is 0 Å². The van der Waals surface area contributed by atoms with Gasteiger partial charge >= 0.3 is 6.18 Å². The van der Waals surface area contributed by atoms with Gasteiger partial charge in [-0.1, -0.05) is 13.8 Å². The van der Waals surface area contributed by atoms with Gasteiger partial charge in [-0.15, -0.1) is 0 Å². The smallest absolute Gasteiger partial charge is 0.383 e. The quantitative estimate of drug-likeness (QED) is 0.828. The average Bonchev–Trinajstić information content (AvgIpc) is 3.05. The van der Waals surface area contributed by atoms with Crippen molar-refractivity contribution in [3.05, 3.63) is 29.8 Å². The number of alkyl halides is 3. The highest BCUT2D eigenvalue weighted by molar-refractivity contribution is 5.62. The molecular formula is C19H25F3N4O. The molecular weight excluding hydrogens is 357 g/mol. The molecule has 0 atom stereocenters. The zero-order valence-electron chi connectivity index (χ0n) is 15.6. The normalized spacial score (nSPS) is 16.2. The molecule has 0 aromatic carbocycles. The second kappa shape index (κ2) is 7.88. The Bertz CT molecular complexity index is 780. The van der Waals surface area contributed by atoms with Crippen LogP contribution in [0.15, 0.2) is 18.5 Å². The van der Waals surface area contributed by atoms with E-state index in [1.165, 1.54) is 6.20 Å². The van der Waals surface area contributed by atoms with Crippen molar-refractivity contribution in [1.29, 1.82) is 0 Å². The molecule has 2 aromatic heterocycles. The second-order valence-corrected chi connectivity index (χ2v) is 7.33. The highest BCUT2D eigenvalue weighted by Gasteiger charge is 2.34. The van der Waals surface area contributed by atoms with Crippen molar-refractivity contribution in [3.8, 4) is 11.3 Å². The number of hydrogen-bond donors (Lipinski definition) is 1. The topological polar surface area (TPSA) is 66.0 Å². The standard InChI is InChI=1S/C19H25F3N4O/c1-12(2)18-25-16(11-26(18)6-3-13-4-7-27-8-5-13)14-9-15(19(20,21)22)17(23)24-10-14/h9-13H,3-8H2,1-2H3,(H2,23,24). The first-order chi connectivity index (χ1) is 12.8. The van der Waals surface area contributed by atoms with Gasteiger partial charge in [-0.2, -0.15) is 13.2 Å². The first kappa shape index (κ1) is 19.7. The van der Waals surface area contributed by atoms with Crippen LogP contribution >= 0.6 is 0 Å². The minimum absolute atomic E-state index is 0.164. The molecule has 1 fully saturated rings. The van der Waals surface area contributed by atoms with E-state index in [-0.39, 0.29) is 5.92 Å². The summed E-state index contributed by atoms with van der Waals surface area (Å²) in [6, 6.07) is 1.03. The van der Waals surface area contributed by atoms with Crippen molar-refractivity contribution in [1.82, 2.24) is 14.5 Å². The van der Waals surface area contributed by atoms with E-state index in [0.717, 1.165) is 50.9 Å². The van der Waals surface area contributed by atoms with Gasteiger partial charge in [-0.05, 0) is 31.2 Å². The van der Waals surface area contributed by atoms with Gasteiger partial charge in [0.2, 0.25) is 0 Å². The molecule has 1 aliphatic heterocycles. The number of nitrogens with zero attached hydrogens (tertiary/aromatic N) is 3. The molecule has 1 aliphatic rings. The number of rotatable bonds is 5. The number of anilines is 1. The minimum atomic E-state index is -4.54. The number of nitrogen functional groups attached to an aromatic ring is 1. The number of pyridine rings is 1. The maximum atomic E-state index is 13.1. The SMILES string of the molecule is CC(C)c1nc(-c2cnc(N)c(C(F)(F)F)c2)cn1CCC1CCOCC1. The molecule has 148 valence electrons. The highest BCUT2D eigenvalue weighted by Crippen LogP contribution is 2.35. The van der Waals surface area contributed by atoms with Crippen LogP contribution in [0.5, 0.6) is 0 Å². The fraction of sp³-hybridized carbons (Fsp3) is 0.579. The largest absolute Gasteiger partial charge is 0.419 e. The highest BCUT2D eigenvalue weighted by atomic mass is 19.4. The molecule has 0 saturated carbocycles. The number of ether oxygens (including phenoxy) is 1. The lowest BCUT2D eigenvalue weighted by atomic mass is 9.96. The fourth-order valence-corrected chi connectivity index (χ4v) is 3.41. The summed E-state index contributed by atoms with van der Waals surface area (Å²) in [5, 5.41) is 0. The number of nitrogens with two attached hydrogens (primary N) is 1. The second-order valence-electron chi connectivity index (χ2n) is 7.33. The summed E-state index contributed by atoms with van der Waals surface area (Å²) < 4.78 is 46.8. The molecule has 2 aromatic rings. The van der Waals surface area contributed by atoms with Gasteiger partial charge in [0, 0.05) is 43.6 Å². The zero-order chi connectivity index (χ0) is 19.6. The number of imidazole rings is 1. The molecule has 2 N–H and O–H groups in total. The van der Waals surface area contributed by atoms with E-state index in [2.05, 4.69) is 14.5 Å². The molecule has 0 bridgehead atoms. The lowest BCUT2D eigenvalue weighted by Gasteiger charge is -2.22. The summed E-state index contributed by atoms with van der Waals surface area (Å²) in [5.74, 6) is 1.12. The minimum Gasteiger partial charge on any atom is -0.383 e. The van der Waals surface area contributed by atoms with Crippen LogP contribution in [-0.2, 0) is 17.5 Å². The Balaban J connectivity index is 1.86. The van der Waals surface area contributed by atoms with Gasteiger partial charge in [0.05, 0.1) is 11.3 Å². The summed E-state index contributed by atoms with van der Waals surface area (Å²) in [6.07, 6.45) is 1.74. The third-order valence-corrected chi connectivity index (χ3v) is 4.96. The number of halogens is 3. The van der Waals surface area contributed by atoms with Gasteiger partial charge < -0.3 is 15.0 Å². The molecule has 0 spiro atoms. The summed E-state index contributed by atoms with van der Waals surface area (Å²) >= 11 is 0.